The van der Waals surface area contributed by atoms with Crippen LogP contribution in [0.15, 0.2) is 0 Å². The van der Waals surface area contributed by atoms with Crippen LogP contribution in [0.4, 0.5) is 4.79 Å². The summed E-state index contributed by atoms with van der Waals surface area (Å²) in [5, 5.41) is 10.2. The van der Waals surface area contributed by atoms with E-state index in [0.29, 0.717) is 12.0 Å². The molecule has 3 N–H and O–H groups in total. The Hall–Kier alpha value is -0.810. The Morgan fingerprint density at radius 2 is 1.78 bits per heavy atom. The monoisotopic (exact) mass is 325 g/mol. The molecule has 5 heteroatoms. The quantitative estimate of drug-likeness (QED) is 0.727. The second-order valence-electron chi connectivity index (χ2n) is 8.14. The molecule has 1 aliphatic carbocycles. The van der Waals surface area contributed by atoms with Gasteiger partial charge in [0.25, 0.3) is 0 Å². The van der Waals surface area contributed by atoms with Gasteiger partial charge in [0.1, 0.15) is 5.60 Å². The van der Waals surface area contributed by atoms with Gasteiger partial charge in [0.05, 0.1) is 0 Å². The van der Waals surface area contributed by atoms with Crippen molar-refractivity contribution < 1.29 is 9.53 Å². The third-order valence-corrected chi connectivity index (χ3v) is 4.94. The molecule has 0 bridgehead atoms. The number of alkyl carbamates (subject to hydrolysis) is 1. The third-order valence-electron chi connectivity index (χ3n) is 4.94. The normalized spacial score (nSPS) is 26.7. The Bertz CT molecular complexity index is 362. The van der Waals surface area contributed by atoms with Crippen LogP contribution in [-0.4, -0.2) is 43.9 Å². The Balaban J connectivity index is 1.73. The van der Waals surface area contributed by atoms with Crippen molar-refractivity contribution in [1.29, 1.82) is 0 Å². The molecule has 0 spiro atoms. The zero-order valence-electron chi connectivity index (χ0n) is 15.1. The minimum atomic E-state index is -0.427. The lowest BCUT2D eigenvalue weighted by atomic mass is 9.84. The van der Waals surface area contributed by atoms with Gasteiger partial charge >= 0.3 is 6.09 Å². The Morgan fingerprint density at radius 3 is 2.48 bits per heavy atom. The summed E-state index contributed by atoms with van der Waals surface area (Å²) in [6.07, 6.45) is 7.26. The van der Waals surface area contributed by atoms with Crippen LogP contribution in [0.2, 0.25) is 0 Å². The number of piperidine rings is 1. The largest absolute Gasteiger partial charge is 0.444 e. The van der Waals surface area contributed by atoms with Gasteiger partial charge < -0.3 is 20.7 Å². The maximum atomic E-state index is 11.9. The fourth-order valence-electron chi connectivity index (χ4n) is 3.65. The number of rotatable bonds is 5. The van der Waals surface area contributed by atoms with Gasteiger partial charge in [-0.25, -0.2) is 4.79 Å². The van der Waals surface area contributed by atoms with Crippen molar-refractivity contribution in [3.63, 3.8) is 0 Å². The zero-order chi connectivity index (χ0) is 16.7. The molecule has 0 aromatic rings. The smallest absolute Gasteiger partial charge is 0.407 e. The highest BCUT2D eigenvalue weighted by atomic mass is 16.6. The highest BCUT2D eigenvalue weighted by Gasteiger charge is 2.27. The lowest BCUT2D eigenvalue weighted by Crippen LogP contribution is -2.47. The second-order valence-corrected chi connectivity index (χ2v) is 8.14. The molecule has 2 unspecified atom stereocenters. The van der Waals surface area contributed by atoms with E-state index >= 15 is 0 Å². The van der Waals surface area contributed by atoms with Crippen LogP contribution in [0.5, 0.6) is 0 Å². The van der Waals surface area contributed by atoms with Gasteiger partial charge in [0.15, 0.2) is 0 Å². The molecule has 2 fully saturated rings. The van der Waals surface area contributed by atoms with Crippen LogP contribution in [0.3, 0.4) is 0 Å². The van der Waals surface area contributed by atoms with Crippen molar-refractivity contribution in [2.75, 3.05) is 26.2 Å². The van der Waals surface area contributed by atoms with E-state index in [9.17, 15) is 4.79 Å². The minimum absolute atomic E-state index is 0.292. The zero-order valence-corrected chi connectivity index (χ0v) is 15.1. The summed E-state index contributed by atoms with van der Waals surface area (Å²) >= 11 is 0. The van der Waals surface area contributed by atoms with Crippen molar-refractivity contribution in [1.82, 2.24) is 16.0 Å². The summed E-state index contributed by atoms with van der Waals surface area (Å²) in [5.41, 5.74) is -0.427. The summed E-state index contributed by atoms with van der Waals surface area (Å²) in [6.45, 7) is 9.85. The highest BCUT2D eigenvalue weighted by molar-refractivity contribution is 5.67. The van der Waals surface area contributed by atoms with E-state index in [4.69, 9.17) is 4.74 Å². The molecule has 0 aromatic heterocycles. The fourth-order valence-corrected chi connectivity index (χ4v) is 3.65. The number of ether oxygens (including phenoxy) is 1. The number of nitrogens with one attached hydrogen (secondary N) is 3. The Morgan fingerprint density at radius 1 is 1.09 bits per heavy atom. The number of carbonyl (C=O) groups is 1. The first kappa shape index (κ1) is 18.5. The third kappa shape index (κ3) is 7.08. The number of carbonyl (C=O) groups excluding carboxylic acids is 1. The molecule has 0 radical (unpaired) electrons. The minimum Gasteiger partial charge on any atom is -0.444 e. The maximum Gasteiger partial charge on any atom is 0.407 e. The summed E-state index contributed by atoms with van der Waals surface area (Å²) in [7, 11) is 0. The average molecular weight is 325 g/mol. The summed E-state index contributed by atoms with van der Waals surface area (Å²) in [6, 6.07) is 0.536. The first-order valence-corrected chi connectivity index (χ1v) is 9.35. The molecule has 0 aromatic carbocycles. The van der Waals surface area contributed by atoms with Gasteiger partial charge in [0.2, 0.25) is 0 Å². The van der Waals surface area contributed by atoms with Gasteiger partial charge in [-0.3, -0.25) is 0 Å². The lowest BCUT2D eigenvalue weighted by molar-refractivity contribution is 0.0510. The number of hydrogen-bond donors (Lipinski definition) is 3. The van der Waals surface area contributed by atoms with Crippen LogP contribution < -0.4 is 16.0 Å². The van der Waals surface area contributed by atoms with Crippen molar-refractivity contribution in [2.24, 2.45) is 11.8 Å². The lowest BCUT2D eigenvalue weighted by Gasteiger charge is -2.34. The van der Waals surface area contributed by atoms with Crippen molar-refractivity contribution in [3.05, 3.63) is 0 Å². The molecule has 2 aliphatic rings. The van der Waals surface area contributed by atoms with E-state index in [2.05, 4.69) is 16.0 Å². The molecule has 1 amide bonds. The van der Waals surface area contributed by atoms with Gasteiger partial charge in [-0.05, 0) is 77.9 Å². The van der Waals surface area contributed by atoms with Crippen LogP contribution in [0.1, 0.15) is 59.3 Å². The number of hydrogen-bond acceptors (Lipinski definition) is 4. The molecule has 2 atom stereocenters. The van der Waals surface area contributed by atoms with Crippen LogP contribution in [-0.2, 0) is 4.74 Å². The Labute approximate surface area is 141 Å². The van der Waals surface area contributed by atoms with E-state index in [-0.39, 0.29) is 6.09 Å². The van der Waals surface area contributed by atoms with Gasteiger partial charge in [-0.15, -0.1) is 0 Å². The van der Waals surface area contributed by atoms with Crippen LogP contribution >= 0.6 is 0 Å². The van der Waals surface area contributed by atoms with E-state index in [1.807, 2.05) is 20.8 Å². The Kier molecular flexibility index (Phi) is 7.15. The maximum absolute atomic E-state index is 11.9. The highest BCUT2D eigenvalue weighted by Crippen LogP contribution is 2.24. The van der Waals surface area contributed by atoms with Crippen molar-refractivity contribution in [3.8, 4) is 0 Å². The molecular formula is C18H35N3O2. The van der Waals surface area contributed by atoms with Gasteiger partial charge in [-0.1, -0.05) is 12.8 Å². The summed E-state index contributed by atoms with van der Waals surface area (Å²) in [4.78, 5) is 11.9. The fraction of sp³-hybridized carbons (Fsp3) is 0.944. The van der Waals surface area contributed by atoms with Gasteiger partial charge in [0, 0.05) is 12.6 Å². The van der Waals surface area contributed by atoms with E-state index in [1.165, 1.54) is 38.5 Å². The standard InChI is InChI=1S/C18H35N3O2/c1-18(2,3)23-17(22)21-13-15-6-4-5-7-16(15)20-12-14-8-10-19-11-9-14/h14-16,19-20H,4-13H2,1-3H3,(H,21,22). The van der Waals surface area contributed by atoms with Crippen LogP contribution in [0, 0.1) is 11.8 Å². The molecule has 134 valence electrons. The summed E-state index contributed by atoms with van der Waals surface area (Å²) < 4.78 is 5.34. The second kappa shape index (κ2) is 8.88. The molecular weight excluding hydrogens is 290 g/mol. The molecule has 2 rings (SSSR count). The molecule has 1 heterocycles. The summed E-state index contributed by atoms with van der Waals surface area (Å²) in [5.74, 6) is 1.33. The van der Waals surface area contributed by atoms with E-state index in [1.54, 1.807) is 0 Å². The molecule has 5 nitrogen and oxygen atoms in total. The first-order chi connectivity index (χ1) is 10.9. The van der Waals surface area contributed by atoms with E-state index < -0.39 is 5.60 Å². The predicted molar refractivity (Wildman–Crippen MR) is 93.6 cm³/mol. The SMILES string of the molecule is CC(C)(C)OC(=O)NCC1CCCCC1NCC1CCNCC1. The first-order valence-electron chi connectivity index (χ1n) is 9.35. The van der Waals surface area contributed by atoms with Crippen molar-refractivity contribution in [2.45, 2.75) is 70.9 Å². The molecule has 1 aliphatic heterocycles. The molecule has 1 saturated carbocycles. The predicted octanol–water partition coefficient (Wildman–Crippen LogP) is 2.66. The van der Waals surface area contributed by atoms with Gasteiger partial charge in [-0.2, -0.15) is 0 Å². The van der Waals surface area contributed by atoms with E-state index in [0.717, 1.165) is 32.1 Å². The molecule has 23 heavy (non-hydrogen) atoms. The molecule has 1 saturated heterocycles. The topological polar surface area (TPSA) is 62.4 Å². The van der Waals surface area contributed by atoms with Crippen LogP contribution in [0.25, 0.3) is 0 Å². The average Bonchev–Trinajstić information content (AvgIpc) is 2.51. The number of amides is 1. The van der Waals surface area contributed by atoms with Crippen molar-refractivity contribution >= 4 is 6.09 Å².